The molecule has 1 unspecified atom stereocenters. The van der Waals surface area contributed by atoms with Gasteiger partial charge in [0.1, 0.15) is 11.6 Å². The number of rotatable bonds is 5. The number of piperazine rings is 1. The maximum absolute atomic E-state index is 13.8. The molecule has 0 bridgehead atoms. The van der Waals surface area contributed by atoms with Crippen LogP contribution < -0.4 is 15.0 Å². The summed E-state index contributed by atoms with van der Waals surface area (Å²) in [6.07, 6.45) is -1.62. The van der Waals surface area contributed by atoms with Crippen LogP contribution in [-0.4, -0.2) is 41.5 Å². The first-order valence-corrected chi connectivity index (χ1v) is 10.2. The number of nitrogens with zero attached hydrogens (tertiary/aromatic N) is 2. The standard InChI is InChI=1S/C20H20F3N3O2S/c1-28-19-5-3-14(11-18(19)25-8-6-24-7-9-25)29(27)26-12-16(20(22)23)15-4-2-13(21)10-17(15)26/h2-5,10-12,20,24H,6-9H2,1H3. The summed E-state index contributed by atoms with van der Waals surface area (Å²) >= 11 is 0. The maximum atomic E-state index is 13.8. The minimum atomic E-state index is -2.76. The van der Waals surface area contributed by atoms with Crippen LogP contribution >= 0.6 is 0 Å². The van der Waals surface area contributed by atoms with Crippen molar-refractivity contribution >= 4 is 27.6 Å². The molecule has 1 atom stereocenters. The van der Waals surface area contributed by atoms with Gasteiger partial charge in [-0.05, 0) is 36.4 Å². The molecule has 9 heteroatoms. The summed E-state index contributed by atoms with van der Waals surface area (Å²) in [4.78, 5) is 2.54. The van der Waals surface area contributed by atoms with Crippen LogP contribution in [0.4, 0.5) is 18.9 Å². The molecule has 0 spiro atoms. The molecule has 1 aliphatic heterocycles. The Bertz CT molecular complexity index is 1060. The van der Waals surface area contributed by atoms with Crippen molar-refractivity contribution in [1.29, 1.82) is 0 Å². The molecule has 5 nitrogen and oxygen atoms in total. The van der Waals surface area contributed by atoms with Gasteiger partial charge in [-0.25, -0.2) is 17.4 Å². The minimum absolute atomic E-state index is 0.165. The lowest BCUT2D eigenvalue weighted by Gasteiger charge is -2.30. The molecule has 1 saturated heterocycles. The first kappa shape index (κ1) is 19.8. The Hall–Kier alpha value is -2.52. The smallest absolute Gasteiger partial charge is 0.265 e. The van der Waals surface area contributed by atoms with Crippen LogP contribution in [0.5, 0.6) is 5.75 Å². The van der Waals surface area contributed by atoms with Crippen molar-refractivity contribution in [1.82, 2.24) is 9.29 Å². The summed E-state index contributed by atoms with van der Waals surface area (Å²) in [7, 11) is -0.267. The Labute approximate surface area is 168 Å². The zero-order chi connectivity index (χ0) is 20.5. The number of aromatic nitrogens is 1. The topological polar surface area (TPSA) is 46.5 Å². The van der Waals surface area contributed by atoms with Crippen molar-refractivity contribution in [3.8, 4) is 5.75 Å². The third-order valence-electron chi connectivity index (χ3n) is 4.99. The van der Waals surface area contributed by atoms with Gasteiger partial charge < -0.3 is 15.0 Å². The van der Waals surface area contributed by atoms with Gasteiger partial charge in [-0.15, -0.1) is 0 Å². The van der Waals surface area contributed by atoms with Gasteiger partial charge >= 0.3 is 0 Å². The van der Waals surface area contributed by atoms with E-state index in [0.29, 0.717) is 10.6 Å². The SMILES string of the molecule is COc1ccc(S(=O)n2cc(C(F)F)c3ccc(F)cc32)cc1N1CCNCC1. The Morgan fingerprint density at radius 3 is 2.59 bits per heavy atom. The number of ether oxygens (including phenoxy) is 1. The van der Waals surface area contributed by atoms with Crippen molar-refractivity contribution in [2.75, 3.05) is 38.2 Å². The summed E-state index contributed by atoms with van der Waals surface area (Å²) in [5, 5.41) is 3.46. The second-order valence-corrected chi connectivity index (χ2v) is 8.06. The van der Waals surface area contributed by atoms with Crippen LogP contribution in [0.1, 0.15) is 12.0 Å². The normalized spacial score (nSPS) is 15.8. The van der Waals surface area contributed by atoms with Gasteiger partial charge in [0.25, 0.3) is 6.43 Å². The summed E-state index contributed by atoms with van der Waals surface area (Å²) in [5.41, 5.74) is 0.680. The molecule has 29 heavy (non-hydrogen) atoms. The van der Waals surface area contributed by atoms with E-state index in [9.17, 15) is 17.4 Å². The fourth-order valence-corrected chi connectivity index (χ4v) is 4.72. The molecule has 0 amide bonds. The van der Waals surface area contributed by atoms with Crippen molar-refractivity contribution in [2.45, 2.75) is 11.3 Å². The quantitative estimate of drug-likeness (QED) is 0.680. The highest BCUT2D eigenvalue weighted by atomic mass is 32.2. The van der Waals surface area contributed by atoms with E-state index in [1.165, 1.54) is 10.0 Å². The predicted octanol–water partition coefficient (Wildman–Crippen LogP) is 3.71. The van der Waals surface area contributed by atoms with Crippen LogP contribution in [0.2, 0.25) is 0 Å². The van der Waals surface area contributed by atoms with Crippen LogP contribution in [0.25, 0.3) is 10.9 Å². The van der Waals surface area contributed by atoms with Crippen molar-refractivity contribution in [3.05, 3.63) is 54.0 Å². The number of halogens is 3. The maximum Gasteiger partial charge on any atom is 0.265 e. The number of hydrogen-bond acceptors (Lipinski definition) is 4. The molecule has 1 aromatic heterocycles. The number of methoxy groups -OCH3 is 1. The number of alkyl halides is 2. The molecule has 4 rings (SSSR count). The van der Waals surface area contributed by atoms with E-state index in [1.807, 2.05) is 0 Å². The first-order valence-electron chi connectivity index (χ1n) is 9.14. The molecule has 1 aliphatic rings. The average Bonchev–Trinajstić information content (AvgIpc) is 3.12. The molecule has 154 valence electrons. The van der Waals surface area contributed by atoms with E-state index in [4.69, 9.17) is 4.74 Å². The predicted molar refractivity (Wildman–Crippen MR) is 107 cm³/mol. The van der Waals surface area contributed by atoms with Gasteiger partial charge in [0.05, 0.1) is 23.2 Å². The van der Waals surface area contributed by atoms with Gasteiger partial charge in [-0.2, -0.15) is 0 Å². The number of hydrogen-bond donors (Lipinski definition) is 1. The van der Waals surface area contributed by atoms with Crippen LogP contribution in [0.3, 0.4) is 0 Å². The molecular formula is C20H20F3N3O2S. The van der Waals surface area contributed by atoms with Gasteiger partial charge in [0.15, 0.2) is 11.0 Å². The van der Waals surface area contributed by atoms with Crippen LogP contribution in [-0.2, 0) is 11.0 Å². The van der Waals surface area contributed by atoms with Crippen molar-refractivity contribution < 1.29 is 22.1 Å². The first-order chi connectivity index (χ1) is 14.0. The monoisotopic (exact) mass is 423 g/mol. The lowest BCUT2D eigenvalue weighted by Crippen LogP contribution is -2.43. The Balaban J connectivity index is 1.80. The van der Waals surface area contributed by atoms with Crippen molar-refractivity contribution in [3.63, 3.8) is 0 Å². The van der Waals surface area contributed by atoms with Gasteiger partial charge in [0.2, 0.25) is 0 Å². The Morgan fingerprint density at radius 1 is 1.14 bits per heavy atom. The minimum Gasteiger partial charge on any atom is -0.495 e. The average molecular weight is 423 g/mol. The van der Waals surface area contributed by atoms with E-state index in [-0.39, 0.29) is 16.5 Å². The van der Waals surface area contributed by atoms with Crippen LogP contribution in [0.15, 0.2) is 47.5 Å². The highest BCUT2D eigenvalue weighted by molar-refractivity contribution is 7.83. The molecular weight excluding hydrogens is 403 g/mol. The third-order valence-corrected chi connectivity index (χ3v) is 6.30. The summed E-state index contributed by atoms with van der Waals surface area (Å²) in [6, 6.07) is 8.63. The summed E-state index contributed by atoms with van der Waals surface area (Å²) < 4.78 is 60.6. The van der Waals surface area contributed by atoms with Gasteiger partial charge in [-0.3, -0.25) is 3.97 Å². The zero-order valence-corrected chi connectivity index (χ0v) is 16.5. The number of nitrogens with one attached hydrogen (secondary N) is 1. The van der Waals surface area contributed by atoms with Crippen LogP contribution in [0, 0.1) is 5.82 Å². The third kappa shape index (κ3) is 3.72. The molecule has 2 heterocycles. The largest absolute Gasteiger partial charge is 0.495 e. The molecule has 0 saturated carbocycles. The second kappa shape index (κ2) is 8.08. The van der Waals surface area contributed by atoms with Gasteiger partial charge in [0, 0.05) is 43.3 Å². The summed E-state index contributed by atoms with van der Waals surface area (Å²) in [5.74, 6) is 0.0650. The van der Waals surface area contributed by atoms with E-state index in [2.05, 4.69) is 10.2 Å². The molecule has 0 radical (unpaired) electrons. The highest BCUT2D eigenvalue weighted by Gasteiger charge is 2.22. The molecule has 2 aromatic carbocycles. The number of anilines is 1. The lowest BCUT2D eigenvalue weighted by atomic mass is 10.2. The van der Waals surface area contributed by atoms with E-state index in [0.717, 1.165) is 50.2 Å². The fraction of sp³-hybridized carbons (Fsp3) is 0.300. The summed E-state index contributed by atoms with van der Waals surface area (Å²) in [6.45, 7) is 3.16. The molecule has 1 N–H and O–H groups in total. The second-order valence-electron chi connectivity index (χ2n) is 6.69. The fourth-order valence-electron chi connectivity index (χ4n) is 3.55. The molecule has 1 fully saturated rings. The van der Waals surface area contributed by atoms with Crippen molar-refractivity contribution in [2.24, 2.45) is 0 Å². The molecule has 3 aromatic rings. The number of fused-ring (bicyclic) bond motifs is 1. The zero-order valence-electron chi connectivity index (χ0n) is 15.7. The van der Waals surface area contributed by atoms with E-state index < -0.39 is 23.2 Å². The van der Waals surface area contributed by atoms with E-state index in [1.54, 1.807) is 25.3 Å². The molecule has 0 aliphatic carbocycles. The highest BCUT2D eigenvalue weighted by Crippen LogP contribution is 2.34. The number of benzene rings is 2. The Morgan fingerprint density at radius 2 is 1.90 bits per heavy atom. The van der Waals surface area contributed by atoms with Gasteiger partial charge in [-0.1, -0.05) is 0 Å². The Kier molecular flexibility index (Phi) is 5.51. The van der Waals surface area contributed by atoms with E-state index >= 15 is 0 Å². The lowest BCUT2D eigenvalue weighted by molar-refractivity contribution is 0.153.